The molecular formula is C15H30N2. The van der Waals surface area contributed by atoms with Crippen molar-refractivity contribution in [1.29, 1.82) is 0 Å². The van der Waals surface area contributed by atoms with Crippen molar-refractivity contribution in [1.82, 2.24) is 10.2 Å². The zero-order valence-corrected chi connectivity index (χ0v) is 11.6. The van der Waals surface area contributed by atoms with Crippen LogP contribution in [-0.4, -0.2) is 38.1 Å². The van der Waals surface area contributed by atoms with Crippen LogP contribution in [0.4, 0.5) is 0 Å². The van der Waals surface area contributed by atoms with Crippen LogP contribution in [0.15, 0.2) is 0 Å². The summed E-state index contributed by atoms with van der Waals surface area (Å²) in [5, 5.41) is 3.75. The molecule has 0 radical (unpaired) electrons. The number of hydrogen-bond acceptors (Lipinski definition) is 2. The lowest BCUT2D eigenvalue weighted by atomic mass is 9.97. The number of hydrogen-bond donors (Lipinski definition) is 1. The van der Waals surface area contributed by atoms with Crippen molar-refractivity contribution >= 4 is 0 Å². The van der Waals surface area contributed by atoms with Gasteiger partial charge in [-0.3, -0.25) is 0 Å². The normalized spacial score (nSPS) is 29.1. The van der Waals surface area contributed by atoms with Gasteiger partial charge in [-0.25, -0.2) is 0 Å². The van der Waals surface area contributed by atoms with Gasteiger partial charge in [0.1, 0.15) is 0 Å². The molecule has 2 rings (SSSR count). The Morgan fingerprint density at radius 3 is 2.24 bits per heavy atom. The zero-order valence-electron chi connectivity index (χ0n) is 11.6. The van der Waals surface area contributed by atoms with Crippen LogP contribution in [0.5, 0.6) is 0 Å². The Labute approximate surface area is 107 Å². The van der Waals surface area contributed by atoms with Gasteiger partial charge in [0.05, 0.1) is 0 Å². The van der Waals surface area contributed by atoms with Crippen LogP contribution in [0.1, 0.15) is 51.4 Å². The first-order valence-corrected chi connectivity index (χ1v) is 7.74. The van der Waals surface area contributed by atoms with Crippen LogP contribution < -0.4 is 5.32 Å². The van der Waals surface area contributed by atoms with Gasteiger partial charge in [-0.15, -0.1) is 0 Å². The summed E-state index contributed by atoms with van der Waals surface area (Å²) >= 11 is 0. The summed E-state index contributed by atoms with van der Waals surface area (Å²) in [6.45, 7) is 5.14. The maximum atomic E-state index is 3.75. The van der Waals surface area contributed by atoms with Gasteiger partial charge in [0.15, 0.2) is 0 Å². The van der Waals surface area contributed by atoms with Crippen LogP contribution in [0.3, 0.4) is 0 Å². The minimum Gasteiger partial charge on any atom is -0.316 e. The van der Waals surface area contributed by atoms with Gasteiger partial charge in [-0.1, -0.05) is 25.7 Å². The highest BCUT2D eigenvalue weighted by Gasteiger charge is 2.17. The largest absolute Gasteiger partial charge is 0.316 e. The SMILES string of the molecule is CN1CCCC(CNCC2CCCCCC2)C1. The summed E-state index contributed by atoms with van der Waals surface area (Å²) in [6, 6.07) is 0. The van der Waals surface area contributed by atoms with Gasteiger partial charge in [0.25, 0.3) is 0 Å². The topological polar surface area (TPSA) is 15.3 Å². The van der Waals surface area contributed by atoms with Crippen molar-refractivity contribution in [2.24, 2.45) is 11.8 Å². The molecule has 17 heavy (non-hydrogen) atoms. The minimum atomic E-state index is 0.902. The molecule has 2 heteroatoms. The summed E-state index contributed by atoms with van der Waals surface area (Å²) in [5.74, 6) is 1.87. The lowest BCUT2D eigenvalue weighted by Crippen LogP contribution is -2.38. The van der Waals surface area contributed by atoms with Crippen molar-refractivity contribution in [3.05, 3.63) is 0 Å². The standard InChI is InChI=1S/C15H30N2/c1-17-10-6-9-15(13-17)12-16-11-14-7-4-2-3-5-8-14/h14-16H,2-13H2,1H3. The second kappa shape index (κ2) is 7.38. The van der Waals surface area contributed by atoms with Crippen molar-refractivity contribution in [3.63, 3.8) is 0 Å². The first-order chi connectivity index (χ1) is 8.34. The maximum absolute atomic E-state index is 3.75. The first-order valence-electron chi connectivity index (χ1n) is 7.74. The number of rotatable bonds is 4. The van der Waals surface area contributed by atoms with Crippen LogP contribution in [0.25, 0.3) is 0 Å². The smallest absolute Gasteiger partial charge is 0.00187 e. The Bertz CT molecular complexity index is 195. The van der Waals surface area contributed by atoms with Crippen LogP contribution in [0.2, 0.25) is 0 Å². The van der Waals surface area contributed by atoms with E-state index >= 15 is 0 Å². The van der Waals surface area contributed by atoms with Crippen molar-refractivity contribution in [2.45, 2.75) is 51.4 Å². The molecule has 1 atom stereocenters. The number of nitrogens with one attached hydrogen (secondary N) is 1. The predicted molar refractivity (Wildman–Crippen MR) is 74.3 cm³/mol. The number of piperidine rings is 1. The summed E-state index contributed by atoms with van der Waals surface area (Å²) < 4.78 is 0. The highest BCUT2D eigenvalue weighted by Crippen LogP contribution is 2.22. The monoisotopic (exact) mass is 238 g/mol. The summed E-state index contributed by atoms with van der Waals surface area (Å²) in [7, 11) is 2.26. The van der Waals surface area contributed by atoms with E-state index in [1.807, 2.05) is 0 Å². The van der Waals surface area contributed by atoms with Crippen LogP contribution >= 0.6 is 0 Å². The van der Waals surface area contributed by atoms with E-state index in [0.717, 1.165) is 11.8 Å². The molecule has 2 aliphatic rings. The van der Waals surface area contributed by atoms with Gasteiger partial charge in [0, 0.05) is 6.54 Å². The van der Waals surface area contributed by atoms with Gasteiger partial charge >= 0.3 is 0 Å². The Morgan fingerprint density at radius 2 is 1.53 bits per heavy atom. The molecule has 2 nitrogen and oxygen atoms in total. The molecule has 0 aromatic carbocycles. The Balaban J connectivity index is 1.58. The highest BCUT2D eigenvalue weighted by molar-refractivity contribution is 4.74. The van der Waals surface area contributed by atoms with Crippen LogP contribution in [0, 0.1) is 11.8 Å². The number of likely N-dealkylation sites (tertiary alicyclic amines) is 1. The van der Waals surface area contributed by atoms with E-state index in [9.17, 15) is 0 Å². The molecule has 1 heterocycles. The second-order valence-corrected chi connectivity index (χ2v) is 6.29. The van der Waals surface area contributed by atoms with E-state index in [1.54, 1.807) is 0 Å². The van der Waals surface area contributed by atoms with Crippen LogP contribution in [-0.2, 0) is 0 Å². The van der Waals surface area contributed by atoms with Gasteiger partial charge in [-0.05, 0) is 64.2 Å². The quantitative estimate of drug-likeness (QED) is 0.758. The molecule has 1 saturated carbocycles. The van der Waals surface area contributed by atoms with E-state index in [4.69, 9.17) is 0 Å². The fourth-order valence-electron chi connectivity index (χ4n) is 3.50. The van der Waals surface area contributed by atoms with E-state index < -0.39 is 0 Å². The van der Waals surface area contributed by atoms with Crippen molar-refractivity contribution < 1.29 is 0 Å². The minimum absolute atomic E-state index is 0.902. The fourth-order valence-corrected chi connectivity index (χ4v) is 3.50. The van der Waals surface area contributed by atoms with E-state index in [1.165, 1.54) is 77.5 Å². The van der Waals surface area contributed by atoms with Gasteiger partial charge in [-0.2, -0.15) is 0 Å². The molecule has 1 N–H and O–H groups in total. The first kappa shape index (κ1) is 13.4. The third-order valence-electron chi connectivity index (χ3n) is 4.56. The van der Waals surface area contributed by atoms with Gasteiger partial charge < -0.3 is 10.2 Å². The average Bonchev–Trinajstić information content (AvgIpc) is 2.58. The van der Waals surface area contributed by atoms with Crippen molar-refractivity contribution in [2.75, 3.05) is 33.2 Å². The fraction of sp³-hybridized carbons (Fsp3) is 1.00. The van der Waals surface area contributed by atoms with E-state index in [-0.39, 0.29) is 0 Å². The van der Waals surface area contributed by atoms with E-state index in [0.29, 0.717) is 0 Å². The molecule has 0 bridgehead atoms. The lowest BCUT2D eigenvalue weighted by Gasteiger charge is -2.30. The Kier molecular flexibility index (Phi) is 5.79. The molecule has 0 aromatic heterocycles. The molecule has 0 aromatic rings. The van der Waals surface area contributed by atoms with Crippen molar-refractivity contribution in [3.8, 4) is 0 Å². The third kappa shape index (κ3) is 4.97. The lowest BCUT2D eigenvalue weighted by molar-refractivity contribution is 0.204. The molecule has 0 spiro atoms. The molecule has 1 aliphatic heterocycles. The average molecular weight is 238 g/mol. The zero-order chi connectivity index (χ0) is 11.9. The Morgan fingerprint density at radius 1 is 0.882 bits per heavy atom. The predicted octanol–water partition coefficient (Wildman–Crippen LogP) is 2.89. The molecular weight excluding hydrogens is 208 g/mol. The molecule has 2 fully saturated rings. The molecule has 100 valence electrons. The summed E-state index contributed by atoms with van der Waals surface area (Å²) in [5.41, 5.74) is 0. The van der Waals surface area contributed by atoms with E-state index in [2.05, 4.69) is 17.3 Å². The Hall–Kier alpha value is -0.0800. The maximum Gasteiger partial charge on any atom is 0.00187 e. The summed E-state index contributed by atoms with van der Waals surface area (Å²) in [4.78, 5) is 2.49. The molecule has 1 unspecified atom stereocenters. The highest BCUT2D eigenvalue weighted by atomic mass is 15.1. The summed E-state index contributed by atoms with van der Waals surface area (Å²) in [6.07, 6.45) is 11.7. The number of nitrogens with zero attached hydrogens (tertiary/aromatic N) is 1. The van der Waals surface area contributed by atoms with Gasteiger partial charge in [0.2, 0.25) is 0 Å². The molecule has 1 saturated heterocycles. The second-order valence-electron chi connectivity index (χ2n) is 6.29. The molecule has 0 amide bonds. The molecule has 1 aliphatic carbocycles. The third-order valence-corrected chi connectivity index (χ3v) is 4.56.